The summed E-state index contributed by atoms with van der Waals surface area (Å²) < 4.78 is 0. The van der Waals surface area contributed by atoms with E-state index in [1.807, 2.05) is 13.0 Å². The second-order valence-electron chi connectivity index (χ2n) is 9.73. The third kappa shape index (κ3) is 2.18. The average molecular weight is 341 g/mol. The van der Waals surface area contributed by atoms with Gasteiger partial charge in [0.2, 0.25) is 0 Å². The summed E-state index contributed by atoms with van der Waals surface area (Å²) in [6, 6.07) is 0. The predicted molar refractivity (Wildman–Crippen MR) is 99.7 cm³/mol. The first-order chi connectivity index (χ1) is 11.7. The van der Waals surface area contributed by atoms with E-state index in [1.165, 1.54) is 18.4 Å². The first kappa shape index (κ1) is 17.3. The lowest BCUT2D eigenvalue weighted by molar-refractivity contribution is -0.121. The van der Waals surface area contributed by atoms with E-state index in [9.17, 15) is 9.90 Å². The molecule has 4 aliphatic rings. The Bertz CT molecular complexity index is 695. The number of aliphatic hydroxyl groups is 1. The third-order valence-electron chi connectivity index (χ3n) is 8.76. The maximum absolute atomic E-state index is 12.0. The molecule has 0 unspecified atom stereocenters. The van der Waals surface area contributed by atoms with Crippen molar-refractivity contribution in [2.45, 2.75) is 78.2 Å². The molecule has 3 saturated carbocycles. The SMILES string of the molecule is CC#C[C@@]1(O)CC[C@@H]2[C@H]3C[C@H](C)C4=CC(=O)CC[C@@]4(C)[C@H]3CC[C@@]21C. The van der Waals surface area contributed by atoms with Crippen molar-refractivity contribution < 1.29 is 9.90 Å². The molecule has 25 heavy (non-hydrogen) atoms. The van der Waals surface area contributed by atoms with Gasteiger partial charge in [0.1, 0.15) is 5.60 Å². The monoisotopic (exact) mass is 340 g/mol. The minimum Gasteiger partial charge on any atom is -0.377 e. The van der Waals surface area contributed by atoms with Crippen LogP contribution in [0.3, 0.4) is 0 Å². The van der Waals surface area contributed by atoms with Crippen LogP contribution in [0.2, 0.25) is 0 Å². The van der Waals surface area contributed by atoms with Crippen LogP contribution in [0.4, 0.5) is 0 Å². The molecule has 0 bridgehead atoms. The fourth-order valence-electron chi connectivity index (χ4n) is 7.41. The van der Waals surface area contributed by atoms with Gasteiger partial charge in [0.15, 0.2) is 5.78 Å². The van der Waals surface area contributed by atoms with Crippen molar-refractivity contribution in [1.29, 1.82) is 0 Å². The zero-order valence-electron chi connectivity index (χ0n) is 16.2. The van der Waals surface area contributed by atoms with E-state index in [2.05, 4.69) is 32.6 Å². The molecule has 0 radical (unpaired) electrons. The molecule has 136 valence electrons. The molecular formula is C23H32O2. The average Bonchev–Trinajstić information content (AvgIpc) is 2.82. The summed E-state index contributed by atoms with van der Waals surface area (Å²) in [5.74, 6) is 8.90. The molecule has 0 aliphatic heterocycles. The van der Waals surface area contributed by atoms with Gasteiger partial charge in [0, 0.05) is 11.8 Å². The molecule has 0 amide bonds. The van der Waals surface area contributed by atoms with Crippen LogP contribution in [0.5, 0.6) is 0 Å². The second kappa shape index (κ2) is 5.46. The van der Waals surface area contributed by atoms with Crippen molar-refractivity contribution in [3.05, 3.63) is 11.6 Å². The number of rotatable bonds is 0. The molecule has 0 saturated heterocycles. The van der Waals surface area contributed by atoms with Gasteiger partial charge in [0.25, 0.3) is 0 Å². The Morgan fingerprint density at radius 3 is 2.60 bits per heavy atom. The van der Waals surface area contributed by atoms with Gasteiger partial charge in [0.05, 0.1) is 0 Å². The van der Waals surface area contributed by atoms with E-state index >= 15 is 0 Å². The molecule has 1 N–H and O–H groups in total. The van der Waals surface area contributed by atoms with Gasteiger partial charge >= 0.3 is 0 Å². The Kier molecular flexibility index (Phi) is 3.79. The fraction of sp³-hybridized carbons (Fsp3) is 0.783. The molecule has 4 aliphatic carbocycles. The van der Waals surface area contributed by atoms with Crippen LogP contribution in [-0.4, -0.2) is 16.5 Å². The predicted octanol–water partition coefficient (Wildman–Crippen LogP) is 4.52. The van der Waals surface area contributed by atoms with Gasteiger partial charge in [-0.1, -0.05) is 32.3 Å². The molecule has 2 heteroatoms. The lowest BCUT2D eigenvalue weighted by Crippen LogP contribution is -2.55. The Hall–Kier alpha value is -1.07. The van der Waals surface area contributed by atoms with Crippen LogP contribution in [0.25, 0.3) is 0 Å². The number of carbonyl (C=O) groups is 1. The second-order valence-corrected chi connectivity index (χ2v) is 9.73. The first-order valence-electron chi connectivity index (χ1n) is 10.2. The Morgan fingerprint density at radius 1 is 1.16 bits per heavy atom. The zero-order chi connectivity index (χ0) is 18.0. The largest absolute Gasteiger partial charge is 0.377 e. The molecule has 0 spiro atoms. The Balaban J connectivity index is 1.73. The highest BCUT2D eigenvalue weighted by Crippen LogP contribution is 2.68. The molecule has 7 atom stereocenters. The standard InChI is InChI=1S/C23H32O2/c1-5-9-23(25)12-8-19-17-13-15(2)20-14-16(24)6-10-21(20,3)18(17)7-11-22(19,23)4/h14-15,17-19,25H,6-8,10-13H2,1-4H3/t15-,17-,18-,19+,21-,22-,23+/m0/s1. The number of hydrogen-bond donors (Lipinski definition) is 1. The minimum atomic E-state index is -0.805. The normalized spacial score (nSPS) is 51.6. The molecule has 0 aromatic heterocycles. The molecule has 4 rings (SSSR count). The van der Waals surface area contributed by atoms with Gasteiger partial charge in [-0.05, 0) is 80.6 Å². The summed E-state index contributed by atoms with van der Waals surface area (Å²) in [6.07, 6.45) is 9.05. The van der Waals surface area contributed by atoms with E-state index in [-0.39, 0.29) is 10.8 Å². The van der Waals surface area contributed by atoms with Gasteiger partial charge < -0.3 is 5.11 Å². The number of allylic oxidation sites excluding steroid dienone is 1. The van der Waals surface area contributed by atoms with Crippen LogP contribution in [-0.2, 0) is 4.79 Å². The number of hydrogen-bond acceptors (Lipinski definition) is 2. The summed E-state index contributed by atoms with van der Waals surface area (Å²) in [7, 11) is 0. The van der Waals surface area contributed by atoms with Crippen LogP contribution in [0, 0.1) is 46.3 Å². The van der Waals surface area contributed by atoms with Crippen molar-refractivity contribution in [3.8, 4) is 11.8 Å². The lowest BCUT2D eigenvalue weighted by atomic mass is 9.45. The number of fused-ring (bicyclic) bond motifs is 5. The Morgan fingerprint density at radius 2 is 1.88 bits per heavy atom. The van der Waals surface area contributed by atoms with Crippen LogP contribution in [0.15, 0.2) is 11.6 Å². The highest BCUT2D eigenvalue weighted by atomic mass is 16.3. The maximum atomic E-state index is 12.0. The number of ketones is 1. The first-order valence-corrected chi connectivity index (χ1v) is 10.2. The molecule has 0 aromatic carbocycles. The molecule has 3 fully saturated rings. The molecule has 2 nitrogen and oxygen atoms in total. The van der Waals surface area contributed by atoms with Crippen molar-refractivity contribution in [3.63, 3.8) is 0 Å². The molecular weight excluding hydrogens is 308 g/mol. The van der Waals surface area contributed by atoms with Crippen molar-refractivity contribution in [2.75, 3.05) is 0 Å². The number of carbonyl (C=O) groups excluding carboxylic acids is 1. The van der Waals surface area contributed by atoms with Crippen molar-refractivity contribution in [1.82, 2.24) is 0 Å². The summed E-state index contributed by atoms with van der Waals surface area (Å²) in [5.41, 5.74) is 0.739. The van der Waals surface area contributed by atoms with Crippen LogP contribution in [0.1, 0.15) is 72.6 Å². The smallest absolute Gasteiger partial charge is 0.155 e. The van der Waals surface area contributed by atoms with E-state index in [0.717, 1.165) is 25.7 Å². The summed E-state index contributed by atoms with van der Waals surface area (Å²) in [4.78, 5) is 12.0. The van der Waals surface area contributed by atoms with Crippen LogP contribution >= 0.6 is 0 Å². The fourth-order valence-corrected chi connectivity index (χ4v) is 7.41. The van der Waals surface area contributed by atoms with Gasteiger partial charge in [-0.15, -0.1) is 5.92 Å². The van der Waals surface area contributed by atoms with Crippen molar-refractivity contribution >= 4 is 5.78 Å². The lowest BCUT2D eigenvalue weighted by Gasteiger charge is -2.60. The third-order valence-corrected chi connectivity index (χ3v) is 8.76. The minimum absolute atomic E-state index is 0.0705. The quantitative estimate of drug-likeness (QED) is 0.658. The highest BCUT2D eigenvalue weighted by molar-refractivity contribution is 5.91. The van der Waals surface area contributed by atoms with E-state index in [1.54, 1.807) is 0 Å². The highest BCUT2D eigenvalue weighted by Gasteiger charge is 2.64. The molecule has 0 heterocycles. The summed E-state index contributed by atoms with van der Waals surface area (Å²) in [5, 5.41) is 11.3. The van der Waals surface area contributed by atoms with Gasteiger partial charge in [-0.2, -0.15) is 0 Å². The van der Waals surface area contributed by atoms with Crippen LogP contribution < -0.4 is 0 Å². The Labute approximate surface area is 152 Å². The van der Waals surface area contributed by atoms with Gasteiger partial charge in [-0.25, -0.2) is 0 Å². The summed E-state index contributed by atoms with van der Waals surface area (Å²) >= 11 is 0. The molecule has 0 aromatic rings. The van der Waals surface area contributed by atoms with Gasteiger partial charge in [-0.3, -0.25) is 4.79 Å². The maximum Gasteiger partial charge on any atom is 0.155 e. The van der Waals surface area contributed by atoms with E-state index in [0.29, 0.717) is 35.9 Å². The van der Waals surface area contributed by atoms with E-state index < -0.39 is 5.60 Å². The topological polar surface area (TPSA) is 37.3 Å². The zero-order valence-corrected chi connectivity index (χ0v) is 16.2. The van der Waals surface area contributed by atoms with Crippen molar-refractivity contribution in [2.24, 2.45) is 34.5 Å². The van der Waals surface area contributed by atoms with E-state index in [4.69, 9.17) is 0 Å². The summed E-state index contributed by atoms with van der Waals surface area (Å²) in [6.45, 7) is 8.89.